The van der Waals surface area contributed by atoms with Crippen LogP contribution in [0.3, 0.4) is 0 Å². The van der Waals surface area contributed by atoms with Gasteiger partial charge >= 0.3 is 0 Å². The highest BCUT2D eigenvalue weighted by molar-refractivity contribution is 8.15. The Balaban J connectivity index is 2.72. The SMILES string of the molecule is C[C@@H]1[C@@](C)(C(N)=O)SC(N)=N[C@]1(C)c1cc(N)cc(F)c1F. The third-order valence-corrected chi connectivity index (χ3v) is 5.69. The van der Waals surface area contributed by atoms with E-state index in [4.69, 9.17) is 17.2 Å². The molecular formula is C14H18F2N4OS. The number of amidine groups is 1. The first-order valence-electron chi connectivity index (χ1n) is 6.61. The number of rotatable bonds is 2. The van der Waals surface area contributed by atoms with Crippen LogP contribution >= 0.6 is 11.8 Å². The highest BCUT2D eigenvalue weighted by Gasteiger charge is 2.53. The fourth-order valence-corrected chi connectivity index (χ4v) is 3.90. The standard InChI is InChI=1S/C14H18F2N4OS/c1-6-13(2,8-4-7(17)5-9(15)10(8)16)20-12(19)22-14(6,3)11(18)21/h4-6H,17H2,1-3H3,(H2,18,21)(H2,19,20)/t6-,13-,14-/m0/s1. The zero-order valence-corrected chi connectivity index (χ0v) is 13.3. The Morgan fingerprint density at radius 2 is 1.91 bits per heavy atom. The van der Waals surface area contributed by atoms with Crippen molar-refractivity contribution in [3.8, 4) is 0 Å². The molecule has 1 amide bonds. The largest absolute Gasteiger partial charge is 0.399 e. The number of hydrogen-bond donors (Lipinski definition) is 3. The van der Waals surface area contributed by atoms with Crippen molar-refractivity contribution in [1.29, 1.82) is 0 Å². The number of primary amides is 1. The summed E-state index contributed by atoms with van der Waals surface area (Å²) < 4.78 is 26.9. The zero-order valence-electron chi connectivity index (χ0n) is 12.5. The number of hydrogen-bond acceptors (Lipinski definition) is 5. The third kappa shape index (κ3) is 2.31. The molecule has 1 heterocycles. The highest BCUT2D eigenvalue weighted by Crippen LogP contribution is 2.50. The molecule has 8 heteroatoms. The number of amides is 1. The maximum atomic E-state index is 14.3. The van der Waals surface area contributed by atoms with Gasteiger partial charge in [-0.2, -0.15) is 0 Å². The van der Waals surface area contributed by atoms with Gasteiger partial charge in [-0.25, -0.2) is 8.78 Å². The second-order valence-corrected chi connectivity index (χ2v) is 7.23. The number of nitrogens with two attached hydrogens (primary N) is 3. The molecule has 0 aliphatic carbocycles. The van der Waals surface area contributed by atoms with Crippen LogP contribution in [0, 0.1) is 17.6 Å². The number of anilines is 1. The Hall–Kier alpha value is -1.83. The van der Waals surface area contributed by atoms with Crippen LogP contribution in [-0.2, 0) is 10.3 Å². The number of benzene rings is 1. The summed E-state index contributed by atoms with van der Waals surface area (Å²) in [5.74, 6) is -3.26. The fourth-order valence-electron chi connectivity index (χ4n) is 2.73. The van der Waals surface area contributed by atoms with E-state index in [0.717, 1.165) is 17.8 Å². The minimum atomic E-state index is -1.26. The van der Waals surface area contributed by atoms with Crippen molar-refractivity contribution >= 4 is 28.5 Å². The quantitative estimate of drug-likeness (QED) is 0.718. The Morgan fingerprint density at radius 1 is 1.32 bits per heavy atom. The zero-order chi connectivity index (χ0) is 16.9. The van der Waals surface area contributed by atoms with E-state index in [9.17, 15) is 13.6 Å². The first-order valence-corrected chi connectivity index (χ1v) is 7.43. The number of carbonyl (C=O) groups is 1. The summed E-state index contributed by atoms with van der Waals surface area (Å²) in [4.78, 5) is 16.1. The summed E-state index contributed by atoms with van der Waals surface area (Å²) in [5.41, 5.74) is 15.7. The van der Waals surface area contributed by atoms with Crippen LogP contribution in [0.2, 0.25) is 0 Å². The fraction of sp³-hybridized carbons (Fsp3) is 0.429. The van der Waals surface area contributed by atoms with Crippen molar-refractivity contribution in [3.63, 3.8) is 0 Å². The number of thioether (sulfide) groups is 1. The van der Waals surface area contributed by atoms with Gasteiger partial charge < -0.3 is 17.2 Å². The lowest BCUT2D eigenvalue weighted by Crippen LogP contribution is -2.55. The Kier molecular flexibility index (Phi) is 3.85. The molecule has 1 aromatic rings. The van der Waals surface area contributed by atoms with Crippen LogP contribution in [0.5, 0.6) is 0 Å². The predicted molar refractivity (Wildman–Crippen MR) is 84.1 cm³/mol. The van der Waals surface area contributed by atoms with E-state index in [-0.39, 0.29) is 16.4 Å². The van der Waals surface area contributed by atoms with Crippen LogP contribution in [0.4, 0.5) is 14.5 Å². The molecule has 5 nitrogen and oxygen atoms in total. The summed E-state index contributed by atoms with van der Waals surface area (Å²) in [6.45, 7) is 4.90. The molecule has 22 heavy (non-hydrogen) atoms. The number of halogens is 2. The molecule has 0 saturated carbocycles. The van der Waals surface area contributed by atoms with Gasteiger partial charge in [-0.1, -0.05) is 18.7 Å². The molecule has 3 atom stereocenters. The number of nitrogens with zero attached hydrogens (tertiary/aromatic N) is 1. The second kappa shape index (κ2) is 5.12. The molecule has 0 spiro atoms. The lowest BCUT2D eigenvalue weighted by molar-refractivity contribution is -0.121. The molecule has 1 aliphatic heterocycles. The molecular weight excluding hydrogens is 310 g/mol. The number of carbonyl (C=O) groups excluding carboxylic acids is 1. The van der Waals surface area contributed by atoms with Gasteiger partial charge in [0.25, 0.3) is 0 Å². The van der Waals surface area contributed by atoms with Gasteiger partial charge in [-0.15, -0.1) is 0 Å². The Bertz CT molecular complexity index is 681. The summed E-state index contributed by atoms with van der Waals surface area (Å²) >= 11 is 1.02. The van der Waals surface area contributed by atoms with E-state index in [1.165, 1.54) is 6.07 Å². The van der Waals surface area contributed by atoms with Crippen molar-refractivity contribution < 1.29 is 13.6 Å². The van der Waals surface area contributed by atoms with E-state index in [0.29, 0.717) is 0 Å². The van der Waals surface area contributed by atoms with Gasteiger partial charge in [0.2, 0.25) is 5.91 Å². The summed E-state index contributed by atoms with van der Waals surface area (Å²) in [5, 5.41) is 0.0872. The second-order valence-electron chi connectivity index (χ2n) is 5.76. The minimum Gasteiger partial charge on any atom is -0.399 e. The molecule has 0 fully saturated rings. The predicted octanol–water partition coefficient (Wildman–Crippen LogP) is 1.70. The maximum Gasteiger partial charge on any atom is 0.234 e. The van der Waals surface area contributed by atoms with Crippen molar-refractivity contribution in [2.45, 2.75) is 31.1 Å². The lowest BCUT2D eigenvalue weighted by Gasteiger charge is -2.45. The lowest BCUT2D eigenvalue weighted by atomic mass is 9.73. The molecule has 1 aliphatic rings. The van der Waals surface area contributed by atoms with Crippen LogP contribution < -0.4 is 17.2 Å². The highest BCUT2D eigenvalue weighted by atomic mass is 32.2. The van der Waals surface area contributed by atoms with Crippen molar-refractivity contribution in [2.75, 3.05) is 5.73 Å². The van der Waals surface area contributed by atoms with E-state index in [1.807, 2.05) is 0 Å². The van der Waals surface area contributed by atoms with Crippen molar-refractivity contribution in [2.24, 2.45) is 22.4 Å². The van der Waals surface area contributed by atoms with Crippen LogP contribution in [-0.4, -0.2) is 15.8 Å². The van der Waals surface area contributed by atoms with Gasteiger partial charge in [0.15, 0.2) is 16.8 Å². The van der Waals surface area contributed by atoms with Gasteiger partial charge in [0, 0.05) is 17.2 Å². The molecule has 0 radical (unpaired) electrons. The van der Waals surface area contributed by atoms with Crippen LogP contribution in [0.25, 0.3) is 0 Å². The Labute approximate surface area is 131 Å². The van der Waals surface area contributed by atoms with Crippen molar-refractivity contribution in [1.82, 2.24) is 0 Å². The summed E-state index contributed by atoms with van der Waals surface area (Å²) in [7, 11) is 0. The third-order valence-electron chi connectivity index (χ3n) is 4.41. The first kappa shape index (κ1) is 16.5. The molecule has 0 bridgehead atoms. The molecule has 0 saturated heterocycles. The molecule has 1 aromatic carbocycles. The summed E-state index contributed by atoms with van der Waals surface area (Å²) in [6, 6.07) is 2.20. The molecule has 120 valence electrons. The number of nitrogen functional groups attached to an aromatic ring is 1. The van der Waals surface area contributed by atoms with Crippen LogP contribution in [0.1, 0.15) is 26.3 Å². The minimum absolute atomic E-state index is 0.0479. The molecule has 0 unspecified atom stereocenters. The smallest absolute Gasteiger partial charge is 0.234 e. The van der Waals surface area contributed by atoms with E-state index in [2.05, 4.69) is 4.99 Å². The monoisotopic (exact) mass is 328 g/mol. The van der Waals surface area contributed by atoms with Crippen molar-refractivity contribution in [3.05, 3.63) is 29.3 Å². The average Bonchev–Trinajstić information content (AvgIpc) is 2.39. The van der Waals surface area contributed by atoms with E-state index in [1.54, 1.807) is 20.8 Å². The van der Waals surface area contributed by atoms with Gasteiger partial charge in [-0.3, -0.25) is 9.79 Å². The topological polar surface area (TPSA) is 107 Å². The van der Waals surface area contributed by atoms with E-state index >= 15 is 0 Å². The maximum absolute atomic E-state index is 14.3. The number of aliphatic imine (C=N–C) groups is 1. The average molecular weight is 328 g/mol. The van der Waals surface area contributed by atoms with Gasteiger partial charge in [0.05, 0.1) is 5.54 Å². The van der Waals surface area contributed by atoms with Gasteiger partial charge in [-0.05, 0) is 26.0 Å². The van der Waals surface area contributed by atoms with Crippen LogP contribution in [0.15, 0.2) is 17.1 Å². The van der Waals surface area contributed by atoms with E-state index < -0.39 is 33.7 Å². The molecule has 0 aromatic heterocycles. The first-order chi connectivity index (χ1) is 10.0. The molecule has 6 N–H and O–H groups in total. The summed E-state index contributed by atoms with van der Waals surface area (Å²) in [6.07, 6.45) is 0. The normalized spacial score (nSPS) is 31.7. The Morgan fingerprint density at radius 3 is 2.45 bits per heavy atom. The van der Waals surface area contributed by atoms with Gasteiger partial charge in [0.1, 0.15) is 4.75 Å². The molecule has 2 rings (SSSR count).